The number of carbonyl (C=O) groups is 1. The first kappa shape index (κ1) is 25.5. The average Bonchev–Trinajstić information content (AvgIpc) is 3.44. The van der Waals surface area contributed by atoms with Gasteiger partial charge >= 0.3 is 6.18 Å². The van der Waals surface area contributed by atoms with Crippen LogP contribution in [-0.4, -0.2) is 34.6 Å². The second kappa shape index (κ2) is 10.7. The lowest BCUT2D eigenvalue weighted by Crippen LogP contribution is -2.36. The highest BCUT2D eigenvalue weighted by atomic mass is 19.4. The van der Waals surface area contributed by atoms with Crippen LogP contribution in [-0.2, 0) is 6.18 Å². The molecule has 2 atom stereocenters. The Bertz CT molecular complexity index is 1450. The minimum atomic E-state index is -4.61. The molecule has 1 aliphatic heterocycles. The van der Waals surface area contributed by atoms with E-state index in [1.165, 1.54) is 12.3 Å². The maximum Gasteiger partial charge on any atom is 0.416 e. The molecule has 3 N–H and O–H groups in total. The third-order valence-electron chi connectivity index (χ3n) is 6.46. The van der Waals surface area contributed by atoms with E-state index in [1.807, 2.05) is 31.2 Å². The number of nitrogens with one attached hydrogen (secondary N) is 3. The molecule has 0 saturated carbocycles. The van der Waals surface area contributed by atoms with Crippen molar-refractivity contribution < 1.29 is 22.7 Å². The highest BCUT2D eigenvalue weighted by Gasteiger charge is 2.32. The minimum Gasteiger partial charge on any atom is -0.489 e. The zero-order chi connectivity index (χ0) is 26.7. The van der Waals surface area contributed by atoms with Crippen molar-refractivity contribution in [1.29, 1.82) is 0 Å². The molecule has 2 aromatic heterocycles. The van der Waals surface area contributed by atoms with Gasteiger partial charge in [0.1, 0.15) is 17.7 Å². The van der Waals surface area contributed by atoms with Gasteiger partial charge in [0.05, 0.1) is 11.1 Å². The van der Waals surface area contributed by atoms with Crippen molar-refractivity contribution in [3.05, 3.63) is 84.3 Å². The van der Waals surface area contributed by atoms with Crippen LogP contribution in [0.5, 0.6) is 5.75 Å². The standard InChI is InChI=1S/C28H26F3N5O2/c1-17(24-8-4-10-33-24)38-21-14-19(28(29,30)31)13-20(15-21)35-27(37)23-6-3-11-34-26(23)36-25-7-2-5-18-16-32-12-9-22(18)25/h2-3,5-7,9,11-17,24,33H,4,8,10H2,1H3,(H,34,36)(H,35,37). The second-order valence-corrected chi connectivity index (χ2v) is 9.15. The summed E-state index contributed by atoms with van der Waals surface area (Å²) in [6.07, 6.45) is 1.83. The molecule has 1 amide bonds. The molecule has 7 nitrogen and oxygen atoms in total. The fourth-order valence-corrected chi connectivity index (χ4v) is 4.56. The molecule has 2 unspecified atom stereocenters. The molecule has 0 radical (unpaired) electrons. The Morgan fingerprint density at radius 1 is 1.13 bits per heavy atom. The van der Waals surface area contributed by atoms with Crippen LogP contribution in [0.15, 0.2) is 73.2 Å². The Morgan fingerprint density at radius 2 is 2.00 bits per heavy atom. The second-order valence-electron chi connectivity index (χ2n) is 9.15. The van der Waals surface area contributed by atoms with Crippen LogP contribution in [0.25, 0.3) is 10.8 Å². The summed E-state index contributed by atoms with van der Waals surface area (Å²) in [5.41, 5.74) is -0.0629. The van der Waals surface area contributed by atoms with E-state index in [2.05, 4.69) is 25.9 Å². The molecule has 196 valence electrons. The van der Waals surface area contributed by atoms with Crippen molar-refractivity contribution in [2.45, 2.75) is 38.1 Å². The largest absolute Gasteiger partial charge is 0.489 e. The molecular weight excluding hydrogens is 495 g/mol. The number of anilines is 3. The highest BCUT2D eigenvalue weighted by Crippen LogP contribution is 2.35. The van der Waals surface area contributed by atoms with Gasteiger partial charge in [-0.1, -0.05) is 12.1 Å². The fourth-order valence-electron chi connectivity index (χ4n) is 4.56. The van der Waals surface area contributed by atoms with Gasteiger partial charge in [0.2, 0.25) is 0 Å². The third-order valence-corrected chi connectivity index (χ3v) is 6.46. The Kier molecular flexibility index (Phi) is 7.15. The lowest BCUT2D eigenvalue weighted by Gasteiger charge is -2.22. The molecule has 0 spiro atoms. The summed E-state index contributed by atoms with van der Waals surface area (Å²) in [5, 5.41) is 10.8. The Morgan fingerprint density at radius 3 is 2.79 bits per heavy atom. The first-order chi connectivity index (χ1) is 18.3. The average molecular weight is 522 g/mol. The smallest absolute Gasteiger partial charge is 0.416 e. The van der Waals surface area contributed by atoms with Crippen LogP contribution in [0, 0.1) is 0 Å². The van der Waals surface area contributed by atoms with E-state index < -0.39 is 17.6 Å². The Balaban J connectivity index is 1.41. The molecule has 1 aliphatic rings. The van der Waals surface area contributed by atoms with Crippen LogP contribution < -0.4 is 20.7 Å². The number of hydrogen-bond acceptors (Lipinski definition) is 6. The molecule has 5 rings (SSSR count). The van der Waals surface area contributed by atoms with Crippen LogP contribution >= 0.6 is 0 Å². The van der Waals surface area contributed by atoms with E-state index in [-0.39, 0.29) is 35.0 Å². The van der Waals surface area contributed by atoms with E-state index in [0.717, 1.165) is 42.3 Å². The molecule has 2 aromatic carbocycles. The zero-order valence-corrected chi connectivity index (χ0v) is 20.5. The number of hydrogen-bond donors (Lipinski definition) is 3. The quantitative estimate of drug-likeness (QED) is 0.270. The maximum atomic E-state index is 13.7. The number of amides is 1. The first-order valence-corrected chi connectivity index (χ1v) is 12.3. The number of pyridine rings is 2. The summed E-state index contributed by atoms with van der Waals surface area (Å²) in [4.78, 5) is 21.7. The summed E-state index contributed by atoms with van der Waals surface area (Å²) in [7, 11) is 0. The van der Waals surface area contributed by atoms with Gasteiger partial charge in [-0.2, -0.15) is 13.2 Å². The van der Waals surface area contributed by atoms with Gasteiger partial charge in [-0.15, -0.1) is 0 Å². The zero-order valence-electron chi connectivity index (χ0n) is 20.5. The number of halogens is 3. The Labute approximate surface area is 217 Å². The summed E-state index contributed by atoms with van der Waals surface area (Å²) >= 11 is 0. The van der Waals surface area contributed by atoms with Crippen LogP contribution in [0.2, 0.25) is 0 Å². The Hall–Kier alpha value is -4.18. The summed E-state index contributed by atoms with van der Waals surface area (Å²) in [6.45, 7) is 2.66. The number of benzene rings is 2. The lowest BCUT2D eigenvalue weighted by atomic mass is 10.1. The number of ether oxygens (including phenoxy) is 1. The molecule has 0 bridgehead atoms. The van der Waals surface area contributed by atoms with Crippen molar-refractivity contribution in [1.82, 2.24) is 15.3 Å². The van der Waals surface area contributed by atoms with E-state index in [0.29, 0.717) is 5.69 Å². The number of rotatable bonds is 7. The molecule has 3 heterocycles. The summed E-state index contributed by atoms with van der Waals surface area (Å²) in [6, 6.07) is 13.9. The molecule has 10 heteroatoms. The van der Waals surface area contributed by atoms with Gasteiger partial charge in [0.15, 0.2) is 0 Å². The molecular formula is C28H26F3N5O2. The summed E-state index contributed by atoms with van der Waals surface area (Å²) < 4.78 is 46.9. The number of nitrogens with zero attached hydrogens (tertiary/aromatic N) is 2. The van der Waals surface area contributed by atoms with Crippen molar-refractivity contribution in [3.63, 3.8) is 0 Å². The topological polar surface area (TPSA) is 88.2 Å². The van der Waals surface area contributed by atoms with Gasteiger partial charge in [-0.3, -0.25) is 9.78 Å². The lowest BCUT2D eigenvalue weighted by molar-refractivity contribution is -0.137. The van der Waals surface area contributed by atoms with E-state index in [1.54, 1.807) is 24.5 Å². The summed E-state index contributed by atoms with van der Waals surface area (Å²) in [5.74, 6) is -0.317. The van der Waals surface area contributed by atoms with Crippen molar-refractivity contribution >= 4 is 33.9 Å². The minimum absolute atomic E-state index is 0.0301. The fraction of sp³-hybridized carbons (Fsp3) is 0.250. The monoisotopic (exact) mass is 521 g/mol. The number of aromatic nitrogens is 2. The number of fused-ring (bicyclic) bond motifs is 1. The van der Waals surface area contributed by atoms with Crippen LogP contribution in [0.4, 0.5) is 30.4 Å². The van der Waals surface area contributed by atoms with Crippen molar-refractivity contribution in [3.8, 4) is 5.75 Å². The van der Waals surface area contributed by atoms with Gasteiger partial charge in [-0.05, 0) is 62.7 Å². The third kappa shape index (κ3) is 5.70. The molecule has 1 saturated heterocycles. The predicted octanol–water partition coefficient (Wildman–Crippen LogP) is 6.16. The molecule has 38 heavy (non-hydrogen) atoms. The van der Waals surface area contributed by atoms with E-state index in [9.17, 15) is 18.0 Å². The van der Waals surface area contributed by atoms with Gasteiger partial charge in [0.25, 0.3) is 5.91 Å². The van der Waals surface area contributed by atoms with Crippen LogP contribution in [0.1, 0.15) is 35.7 Å². The first-order valence-electron chi connectivity index (χ1n) is 12.3. The van der Waals surface area contributed by atoms with Gasteiger partial charge in [-0.25, -0.2) is 4.98 Å². The van der Waals surface area contributed by atoms with E-state index >= 15 is 0 Å². The van der Waals surface area contributed by atoms with Crippen molar-refractivity contribution in [2.24, 2.45) is 0 Å². The van der Waals surface area contributed by atoms with Gasteiger partial charge in [0, 0.05) is 52.8 Å². The predicted molar refractivity (Wildman–Crippen MR) is 140 cm³/mol. The van der Waals surface area contributed by atoms with Crippen molar-refractivity contribution in [2.75, 3.05) is 17.2 Å². The number of carbonyl (C=O) groups excluding carboxylic acids is 1. The number of alkyl halides is 3. The maximum absolute atomic E-state index is 13.7. The van der Waals surface area contributed by atoms with Crippen LogP contribution in [0.3, 0.4) is 0 Å². The van der Waals surface area contributed by atoms with E-state index in [4.69, 9.17) is 4.74 Å². The van der Waals surface area contributed by atoms with Gasteiger partial charge < -0.3 is 20.7 Å². The highest BCUT2D eigenvalue weighted by molar-refractivity contribution is 6.08. The molecule has 1 fully saturated rings. The molecule has 4 aromatic rings. The molecule has 0 aliphatic carbocycles. The SMILES string of the molecule is CC(Oc1cc(NC(=O)c2cccnc2Nc2cccc3cnccc23)cc(C(F)(F)F)c1)C1CCCN1. The normalized spacial score (nSPS) is 16.3.